The van der Waals surface area contributed by atoms with Crippen LogP contribution in [-0.2, 0) is 4.74 Å². The highest BCUT2D eigenvalue weighted by atomic mass is 32.2. The molecule has 0 spiro atoms. The number of carbonyl (C=O) groups excluding carboxylic acids is 1. The molecule has 6 rings (SSSR count). The van der Waals surface area contributed by atoms with Crippen LogP contribution in [0.15, 0.2) is 28.9 Å². The van der Waals surface area contributed by atoms with Crippen LogP contribution in [0.5, 0.6) is 0 Å². The molecule has 9 heteroatoms. The number of carbonyl (C=O) groups is 1. The number of amides is 2. The fourth-order valence-electron chi connectivity index (χ4n) is 11.5. The van der Waals surface area contributed by atoms with Crippen molar-refractivity contribution in [1.82, 2.24) is 15.2 Å². The number of allylic oxidation sites excluding steroid dienone is 1. The second-order valence-electron chi connectivity index (χ2n) is 15.7. The summed E-state index contributed by atoms with van der Waals surface area (Å²) < 4.78 is 14.1. The third kappa shape index (κ3) is 6.95. The van der Waals surface area contributed by atoms with Gasteiger partial charge in [-0.2, -0.15) is 0 Å². The average molecular weight is 660 g/mol. The number of hydrogen-bond donors (Lipinski definition) is 4. The number of nitrogens with one attached hydrogen (secondary N) is 2. The molecule has 4 N–H and O–H groups in total. The Balaban J connectivity index is 0.00000204. The Morgan fingerprint density at radius 2 is 1.85 bits per heavy atom. The zero-order valence-electron chi connectivity index (χ0n) is 29.1. The van der Waals surface area contributed by atoms with E-state index < -0.39 is 0 Å². The highest BCUT2D eigenvalue weighted by Crippen LogP contribution is 2.69. The first kappa shape index (κ1) is 35.7. The van der Waals surface area contributed by atoms with Gasteiger partial charge < -0.3 is 24.8 Å². The van der Waals surface area contributed by atoms with Crippen LogP contribution >= 0.6 is 11.9 Å². The van der Waals surface area contributed by atoms with Gasteiger partial charge in [0.25, 0.3) is 0 Å². The molecule has 8 nitrogen and oxygen atoms in total. The molecule has 1 aromatic heterocycles. The van der Waals surface area contributed by atoms with Gasteiger partial charge in [-0.05, 0) is 128 Å². The molecule has 5 aliphatic carbocycles. The van der Waals surface area contributed by atoms with Crippen LogP contribution in [-0.4, -0.2) is 59.6 Å². The Hall–Kier alpha value is -1.55. The Morgan fingerprint density at radius 1 is 1.09 bits per heavy atom. The number of fused-ring (bicyclic) bond motifs is 5. The number of ether oxygens (including phenoxy) is 1. The monoisotopic (exact) mass is 659 g/mol. The van der Waals surface area contributed by atoms with Gasteiger partial charge in [0, 0.05) is 32.7 Å². The predicted molar refractivity (Wildman–Crippen MR) is 184 cm³/mol. The van der Waals surface area contributed by atoms with Crippen molar-refractivity contribution in [1.29, 1.82) is 0 Å². The summed E-state index contributed by atoms with van der Waals surface area (Å²) in [5, 5.41) is 24.6. The molecule has 0 bridgehead atoms. The van der Waals surface area contributed by atoms with Crippen molar-refractivity contribution in [2.75, 3.05) is 20.8 Å². The highest BCUT2D eigenvalue weighted by molar-refractivity contribution is 7.98. The maximum absolute atomic E-state index is 12.8. The van der Waals surface area contributed by atoms with Crippen molar-refractivity contribution < 1.29 is 24.3 Å². The molecule has 4 fully saturated rings. The van der Waals surface area contributed by atoms with E-state index in [9.17, 15) is 9.90 Å². The van der Waals surface area contributed by atoms with Crippen molar-refractivity contribution >= 4 is 18.0 Å². The van der Waals surface area contributed by atoms with E-state index >= 15 is 0 Å². The average Bonchev–Trinajstić information content (AvgIpc) is 3.73. The Kier molecular flexibility index (Phi) is 11.9. The van der Waals surface area contributed by atoms with Crippen LogP contribution < -0.4 is 10.0 Å². The Labute approximate surface area is 281 Å². The molecule has 260 valence electrons. The quantitative estimate of drug-likeness (QED) is 0.162. The Bertz CT molecular complexity index is 1150. The lowest BCUT2D eigenvalue weighted by Crippen LogP contribution is -2.56. The molecular formula is C37H61N3O5S. The van der Waals surface area contributed by atoms with Gasteiger partial charge in [-0.1, -0.05) is 51.4 Å². The van der Waals surface area contributed by atoms with Crippen molar-refractivity contribution in [3.63, 3.8) is 0 Å². The zero-order valence-corrected chi connectivity index (χ0v) is 29.9. The standard InChI is InChI=1S/C36H57N3O4S.CH4O/c1-6-23-19-26-28-9-8-27(35(28,3)16-12-29(26)36(4)15-11-25(40)21-30(23)36)22(2)13-17-37-34(41)39-44-33-10-7-24(20-32(33)42-5)31-14-18-38-43-31;1-2/h7,10,14,18,22-30,32-33,40H,6,8-9,11-13,15-17,19-21H2,1-5H3,(H2,37,39,41);2H,1H3/t22-,23+,24?,25-,26?,27-,28?,29+,30?,32?,33?,35?,36?;/m1./s1. The van der Waals surface area contributed by atoms with Crippen LogP contribution in [0.3, 0.4) is 0 Å². The summed E-state index contributed by atoms with van der Waals surface area (Å²) in [5.74, 6) is 6.33. The van der Waals surface area contributed by atoms with Gasteiger partial charge in [0.15, 0.2) is 0 Å². The first-order valence-corrected chi connectivity index (χ1v) is 19.0. The third-order valence-corrected chi connectivity index (χ3v) is 14.8. The lowest BCUT2D eigenvalue weighted by atomic mass is 9.42. The number of methoxy groups -OCH3 is 1. The summed E-state index contributed by atoms with van der Waals surface area (Å²) in [4.78, 5) is 12.8. The number of aromatic nitrogens is 1. The fourth-order valence-corrected chi connectivity index (χ4v) is 12.3. The second-order valence-corrected chi connectivity index (χ2v) is 16.7. The minimum absolute atomic E-state index is 0.0125. The van der Waals surface area contributed by atoms with Gasteiger partial charge in [0.2, 0.25) is 0 Å². The number of nitrogens with zero attached hydrogens (tertiary/aromatic N) is 1. The van der Waals surface area contributed by atoms with Crippen LogP contribution in [0.4, 0.5) is 4.79 Å². The summed E-state index contributed by atoms with van der Waals surface area (Å²) in [6, 6.07) is 1.78. The van der Waals surface area contributed by atoms with Crippen LogP contribution in [0.25, 0.3) is 0 Å². The van der Waals surface area contributed by atoms with Crippen molar-refractivity contribution in [2.45, 2.75) is 122 Å². The van der Waals surface area contributed by atoms with Crippen LogP contribution in [0, 0.1) is 52.3 Å². The second kappa shape index (κ2) is 15.3. The summed E-state index contributed by atoms with van der Waals surface area (Å²) in [6.07, 6.45) is 19.0. The van der Waals surface area contributed by atoms with E-state index in [1.54, 1.807) is 13.3 Å². The molecule has 13 atom stereocenters. The largest absolute Gasteiger partial charge is 0.400 e. The molecule has 4 saturated carbocycles. The molecular weight excluding hydrogens is 598 g/mol. The smallest absolute Gasteiger partial charge is 0.324 e. The summed E-state index contributed by atoms with van der Waals surface area (Å²) >= 11 is 1.42. The van der Waals surface area contributed by atoms with Crippen LogP contribution in [0.1, 0.15) is 110 Å². The fraction of sp³-hybridized carbons (Fsp3) is 0.838. The van der Waals surface area contributed by atoms with E-state index in [0.717, 1.165) is 68.1 Å². The molecule has 8 unspecified atom stereocenters. The predicted octanol–water partition coefficient (Wildman–Crippen LogP) is 7.34. The highest BCUT2D eigenvalue weighted by Gasteiger charge is 2.62. The van der Waals surface area contributed by atoms with E-state index in [1.807, 2.05) is 6.07 Å². The zero-order chi connectivity index (χ0) is 33.1. The van der Waals surface area contributed by atoms with Crippen LogP contribution in [0.2, 0.25) is 0 Å². The van der Waals surface area contributed by atoms with Gasteiger partial charge in [-0.25, -0.2) is 4.79 Å². The third-order valence-electron chi connectivity index (χ3n) is 13.8. The van der Waals surface area contributed by atoms with Gasteiger partial charge in [-0.3, -0.25) is 4.72 Å². The number of urea groups is 1. The molecule has 1 aromatic rings. The summed E-state index contributed by atoms with van der Waals surface area (Å²) in [6.45, 7) is 10.8. The van der Waals surface area contributed by atoms with Crippen molar-refractivity contribution in [3.05, 3.63) is 30.2 Å². The first-order valence-electron chi connectivity index (χ1n) is 18.1. The van der Waals surface area contributed by atoms with Gasteiger partial charge in [0.1, 0.15) is 5.76 Å². The molecule has 0 saturated heterocycles. The number of aliphatic hydroxyl groups is 2. The van der Waals surface area contributed by atoms with E-state index in [2.05, 4.69) is 55.0 Å². The van der Waals surface area contributed by atoms with Gasteiger partial charge in [0.05, 0.1) is 23.7 Å². The van der Waals surface area contributed by atoms with E-state index in [-0.39, 0.29) is 29.4 Å². The molecule has 46 heavy (non-hydrogen) atoms. The molecule has 0 radical (unpaired) electrons. The SMILES string of the molecule is CC[C@H]1CC2C3CC[C@H]([C@H](C)CCNC(=O)NSC4C=CC(c5ccno5)CC4OC)C3(C)CC[C@@H]2C2(C)CC[C@@H](O)CC12.CO. The normalized spacial score (nSPS) is 42.1. The number of hydrogen-bond acceptors (Lipinski definition) is 7. The summed E-state index contributed by atoms with van der Waals surface area (Å²) in [7, 11) is 2.73. The molecule has 0 aromatic carbocycles. The Morgan fingerprint density at radius 3 is 2.57 bits per heavy atom. The minimum atomic E-state index is -0.118. The first-order chi connectivity index (χ1) is 22.2. The van der Waals surface area contributed by atoms with E-state index in [1.165, 1.54) is 56.9 Å². The van der Waals surface area contributed by atoms with E-state index in [0.29, 0.717) is 29.2 Å². The minimum Gasteiger partial charge on any atom is -0.400 e. The maximum Gasteiger partial charge on any atom is 0.324 e. The van der Waals surface area contributed by atoms with Crippen molar-refractivity contribution in [3.8, 4) is 0 Å². The summed E-state index contributed by atoms with van der Waals surface area (Å²) in [5.41, 5.74) is 0.832. The maximum atomic E-state index is 12.8. The molecule has 0 aliphatic heterocycles. The molecule has 2 amide bonds. The lowest BCUT2D eigenvalue weighted by molar-refractivity contribution is -0.152. The van der Waals surface area contributed by atoms with E-state index in [4.69, 9.17) is 14.4 Å². The number of aliphatic hydroxyl groups excluding tert-OH is 2. The molecule has 5 aliphatic rings. The van der Waals surface area contributed by atoms with Gasteiger partial charge >= 0.3 is 6.03 Å². The lowest BCUT2D eigenvalue weighted by Gasteiger charge is -2.63. The molecule has 1 heterocycles. The number of rotatable bonds is 9. The topological polar surface area (TPSA) is 117 Å². The van der Waals surface area contributed by atoms with Gasteiger partial charge in [-0.15, -0.1) is 0 Å². The van der Waals surface area contributed by atoms with Crippen molar-refractivity contribution in [2.24, 2.45) is 52.3 Å².